The van der Waals surface area contributed by atoms with Gasteiger partial charge < -0.3 is 18.7 Å². The Labute approximate surface area is 238 Å². The van der Waals surface area contributed by atoms with Crippen LogP contribution < -0.4 is 0 Å². The molecule has 1 N–H and O–H groups in total. The molecule has 0 amide bonds. The third kappa shape index (κ3) is 9.08. The highest BCUT2D eigenvalue weighted by atomic mass is 28.4. The number of carboxylic acids is 1. The second kappa shape index (κ2) is 12.8. The van der Waals surface area contributed by atoms with Crippen LogP contribution in [0.25, 0.3) is 0 Å². The second-order valence-corrected chi connectivity index (χ2v) is 22.7. The normalized spacial score (nSPS) is 21.0. The number of allylic oxidation sites excluding steroid dienone is 1. The lowest BCUT2D eigenvalue weighted by atomic mass is 9.80. The summed E-state index contributed by atoms with van der Waals surface area (Å²) in [7, 11) is -4.36. The zero-order valence-corrected chi connectivity index (χ0v) is 27.7. The van der Waals surface area contributed by atoms with Crippen LogP contribution in [0.2, 0.25) is 37.8 Å². The number of aliphatic carboxylic acids is 1. The minimum Gasteiger partial charge on any atom is -0.479 e. The first-order valence-electron chi connectivity index (χ1n) is 13.9. The Morgan fingerprint density at radius 1 is 1.08 bits per heavy atom. The number of carbonyl (C=O) groups is 2. The number of Topliss-reactive ketones (excluding diaryl/α,β-unsaturated/α-hetero) is 1. The van der Waals surface area contributed by atoms with E-state index >= 15 is 0 Å². The summed E-state index contributed by atoms with van der Waals surface area (Å²) in [5.41, 5.74) is 1.01. The topological polar surface area (TPSA) is 82.1 Å². The minimum absolute atomic E-state index is 0.000268. The average molecular weight is 575 g/mol. The maximum absolute atomic E-state index is 13.9. The lowest BCUT2D eigenvalue weighted by Gasteiger charge is -2.42. The Bertz CT molecular complexity index is 1050. The molecule has 0 spiro atoms. The van der Waals surface area contributed by atoms with Crippen molar-refractivity contribution in [2.75, 3.05) is 0 Å². The fourth-order valence-electron chi connectivity index (χ4n) is 4.53. The fourth-order valence-corrected chi connectivity index (χ4v) is 7.29. The van der Waals surface area contributed by atoms with Crippen LogP contribution >= 0.6 is 0 Å². The number of carboxylic acid groups (broad SMARTS) is 1. The molecule has 0 saturated carbocycles. The number of carbonyl (C=O) groups excluding carboxylic acids is 1. The van der Waals surface area contributed by atoms with Gasteiger partial charge in [-0.3, -0.25) is 4.79 Å². The molecule has 0 radical (unpaired) electrons. The molecule has 2 rings (SSSR count). The van der Waals surface area contributed by atoms with Gasteiger partial charge in [-0.25, -0.2) is 4.79 Å². The summed E-state index contributed by atoms with van der Waals surface area (Å²) in [6.45, 7) is 24.9. The predicted molar refractivity (Wildman–Crippen MR) is 163 cm³/mol. The van der Waals surface area contributed by atoms with Crippen molar-refractivity contribution in [3.05, 3.63) is 59.7 Å². The quantitative estimate of drug-likeness (QED) is 0.149. The van der Waals surface area contributed by atoms with E-state index in [4.69, 9.17) is 13.6 Å². The Hall–Kier alpha value is -1.85. The molecule has 6 nitrogen and oxygen atoms in total. The number of rotatable bonds is 13. The number of ether oxygens (including phenoxy) is 1. The molecule has 4 atom stereocenters. The number of hydrogen-bond acceptors (Lipinski definition) is 5. The Morgan fingerprint density at radius 3 is 2.18 bits per heavy atom. The van der Waals surface area contributed by atoms with E-state index in [9.17, 15) is 14.7 Å². The van der Waals surface area contributed by atoms with E-state index in [1.807, 2.05) is 50.0 Å². The van der Waals surface area contributed by atoms with Crippen LogP contribution in [-0.2, 0) is 29.8 Å². The standard InChI is InChI=1S/C31H50O6Si2/c1-22-17-18-25(20-26(22)36-39(10,11)30(3,4)5)23(2)19-27(35-21-24-15-13-12-14-16-24)28(32)31(6,29(33)34)37-38(7,8)9/h12-17,25-27H,2,18-21H2,1,3-11H3,(H,33,34)/t25-,26-,27?,31?/m1/s1. The molecule has 0 fully saturated rings. The van der Waals surface area contributed by atoms with Crippen LogP contribution in [0.1, 0.15) is 59.4 Å². The van der Waals surface area contributed by atoms with Gasteiger partial charge in [-0.05, 0) is 81.5 Å². The van der Waals surface area contributed by atoms with Crippen LogP contribution in [0.3, 0.4) is 0 Å². The molecule has 1 aliphatic carbocycles. The molecular formula is C31H50O6Si2. The maximum atomic E-state index is 13.9. The molecule has 0 heterocycles. The Morgan fingerprint density at radius 2 is 1.67 bits per heavy atom. The van der Waals surface area contributed by atoms with Crippen LogP contribution in [0.15, 0.2) is 54.1 Å². The van der Waals surface area contributed by atoms with Gasteiger partial charge in [0, 0.05) is 6.42 Å². The van der Waals surface area contributed by atoms with Gasteiger partial charge in [0.15, 0.2) is 16.6 Å². The van der Waals surface area contributed by atoms with Gasteiger partial charge in [0.1, 0.15) is 6.10 Å². The highest BCUT2D eigenvalue weighted by Crippen LogP contribution is 2.41. The molecule has 1 aromatic rings. The van der Waals surface area contributed by atoms with Crippen molar-refractivity contribution >= 4 is 28.4 Å². The van der Waals surface area contributed by atoms with Gasteiger partial charge in [0.25, 0.3) is 0 Å². The summed E-state index contributed by atoms with van der Waals surface area (Å²) < 4.78 is 18.9. The number of ketones is 1. The highest BCUT2D eigenvalue weighted by Gasteiger charge is 2.49. The molecule has 8 heteroatoms. The first-order chi connectivity index (χ1) is 17.8. The van der Waals surface area contributed by atoms with Crippen molar-refractivity contribution in [1.82, 2.24) is 0 Å². The van der Waals surface area contributed by atoms with Crippen molar-refractivity contribution in [1.29, 1.82) is 0 Å². The first kappa shape index (κ1) is 33.4. The van der Waals surface area contributed by atoms with Crippen LogP contribution in [0, 0.1) is 5.92 Å². The molecule has 0 bridgehead atoms. The largest absolute Gasteiger partial charge is 0.479 e. The maximum Gasteiger partial charge on any atom is 0.342 e. The molecule has 0 aromatic heterocycles. The fraction of sp³-hybridized carbons (Fsp3) is 0.613. The van der Waals surface area contributed by atoms with Crippen molar-refractivity contribution in [2.24, 2.45) is 5.92 Å². The monoisotopic (exact) mass is 574 g/mol. The van der Waals surface area contributed by atoms with Crippen molar-refractivity contribution in [2.45, 2.75) is 116 Å². The van der Waals surface area contributed by atoms with E-state index in [0.717, 1.165) is 24.0 Å². The van der Waals surface area contributed by atoms with E-state index in [0.29, 0.717) is 0 Å². The van der Waals surface area contributed by atoms with E-state index in [-0.39, 0.29) is 30.1 Å². The molecular weight excluding hydrogens is 525 g/mol. The zero-order chi connectivity index (χ0) is 29.8. The zero-order valence-electron chi connectivity index (χ0n) is 25.7. The molecule has 0 saturated heterocycles. The molecule has 39 heavy (non-hydrogen) atoms. The Kier molecular flexibility index (Phi) is 10.9. The van der Waals surface area contributed by atoms with Crippen molar-refractivity contribution in [3.8, 4) is 0 Å². The van der Waals surface area contributed by atoms with E-state index in [2.05, 4.69) is 53.4 Å². The van der Waals surface area contributed by atoms with E-state index in [1.165, 1.54) is 12.5 Å². The predicted octanol–water partition coefficient (Wildman–Crippen LogP) is 7.53. The molecule has 2 unspecified atom stereocenters. The number of benzene rings is 1. The Balaban J connectivity index is 2.29. The number of hydrogen-bond donors (Lipinski definition) is 1. The highest BCUT2D eigenvalue weighted by molar-refractivity contribution is 6.74. The molecule has 218 valence electrons. The van der Waals surface area contributed by atoms with E-state index in [1.54, 1.807) is 0 Å². The third-order valence-electron chi connectivity index (χ3n) is 7.97. The van der Waals surface area contributed by atoms with Gasteiger partial charge >= 0.3 is 5.97 Å². The summed E-state index contributed by atoms with van der Waals surface area (Å²) in [6, 6.07) is 9.57. The minimum atomic E-state index is -2.38. The van der Waals surface area contributed by atoms with Gasteiger partial charge in [-0.2, -0.15) is 0 Å². The van der Waals surface area contributed by atoms with Crippen molar-refractivity contribution < 1.29 is 28.3 Å². The second-order valence-electron chi connectivity index (χ2n) is 13.5. The average Bonchev–Trinajstić information content (AvgIpc) is 2.81. The molecule has 1 aliphatic rings. The van der Waals surface area contributed by atoms with E-state index < -0.39 is 40.1 Å². The van der Waals surface area contributed by atoms with Gasteiger partial charge in [-0.1, -0.05) is 69.3 Å². The van der Waals surface area contributed by atoms with Gasteiger partial charge in [0.05, 0.1) is 12.7 Å². The summed E-state index contributed by atoms with van der Waals surface area (Å²) in [5.74, 6) is -1.77. The van der Waals surface area contributed by atoms with Crippen LogP contribution in [-0.4, -0.2) is 51.3 Å². The molecule has 1 aromatic carbocycles. The molecule has 0 aliphatic heterocycles. The first-order valence-corrected chi connectivity index (χ1v) is 20.2. The summed E-state index contributed by atoms with van der Waals surface area (Å²) in [6.07, 6.45) is 3.04. The van der Waals surface area contributed by atoms with Gasteiger partial charge in [0.2, 0.25) is 11.4 Å². The smallest absolute Gasteiger partial charge is 0.342 e. The van der Waals surface area contributed by atoms with Crippen LogP contribution in [0.5, 0.6) is 0 Å². The SMILES string of the molecule is C=C(CC(OCc1ccccc1)C(=O)C(C)(O[Si](C)(C)C)C(=O)O)[C@@H]1CC=C(C)[C@H](O[Si](C)(C)C(C)(C)C)C1. The van der Waals surface area contributed by atoms with Crippen molar-refractivity contribution in [3.63, 3.8) is 0 Å². The lowest BCUT2D eigenvalue weighted by molar-refractivity contribution is -0.166. The third-order valence-corrected chi connectivity index (χ3v) is 13.5. The van der Waals surface area contributed by atoms with Gasteiger partial charge in [-0.15, -0.1) is 0 Å². The summed E-state index contributed by atoms with van der Waals surface area (Å²) in [4.78, 5) is 26.2. The van der Waals surface area contributed by atoms with Crippen LogP contribution in [0.4, 0.5) is 0 Å². The lowest BCUT2D eigenvalue weighted by Crippen LogP contribution is -2.56. The summed E-state index contributed by atoms with van der Waals surface area (Å²) >= 11 is 0. The summed E-state index contributed by atoms with van der Waals surface area (Å²) in [5, 5.41) is 10.2.